The molecule has 1 atom stereocenters. The van der Waals surface area contributed by atoms with Gasteiger partial charge in [0.05, 0.1) is 30.8 Å². The SMILES string of the molecule is COc1ccc(OC)c(N2C[C@@H](C(=O)OCC(=O)Nc3cc(Cl)c(Br)cc3C)CC2=O)c1. The van der Waals surface area contributed by atoms with Crippen LogP contribution in [0.2, 0.25) is 5.02 Å². The van der Waals surface area contributed by atoms with Crippen molar-refractivity contribution in [1.29, 1.82) is 0 Å². The van der Waals surface area contributed by atoms with Crippen LogP contribution in [0.1, 0.15) is 12.0 Å². The molecule has 0 spiro atoms. The quantitative estimate of drug-likeness (QED) is 0.550. The highest BCUT2D eigenvalue weighted by Crippen LogP contribution is 2.36. The molecular formula is C22H22BrClN2O6. The molecule has 170 valence electrons. The Labute approximate surface area is 198 Å². The highest BCUT2D eigenvalue weighted by Gasteiger charge is 2.37. The van der Waals surface area contributed by atoms with Gasteiger partial charge >= 0.3 is 5.97 Å². The Morgan fingerprint density at radius 3 is 2.66 bits per heavy atom. The molecule has 0 radical (unpaired) electrons. The zero-order valence-electron chi connectivity index (χ0n) is 17.7. The molecule has 0 aromatic heterocycles. The average Bonchev–Trinajstić information content (AvgIpc) is 3.16. The molecule has 3 rings (SSSR count). The van der Waals surface area contributed by atoms with Gasteiger partial charge in [-0.2, -0.15) is 0 Å². The summed E-state index contributed by atoms with van der Waals surface area (Å²) in [5, 5.41) is 3.11. The predicted octanol–water partition coefficient (Wildman–Crippen LogP) is 3.96. The van der Waals surface area contributed by atoms with E-state index < -0.39 is 24.4 Å². The number of esters is 1. The van der Waals surface area contributed by atoms with Crippen molar-refractivity contribution in [1.82, 2.24) is 0 Å². The molecule has 32 heavy (non-hydrogen) atoms. The number of aryl methyl sites for hydroxylation is 1. The first kappa shape index (κ1) is 23.9. The van der Waals surface area contributed by atoms with E-state index >= 15 is 0 Å². The summed E-state index contributed by atoms with van der Waals surface area (Å²) < 4.78 is 16.4. The summed E-state index contributed by atoms with van der Waals surface area (Å²) in [7, 11) is 3.02. The minimum Gasteiger partial charge on any atom is -0.497 e. The fourth-order valence-electron chi connectivity index (χ4n) is 3.33. The van der Waals surface area contributed by atoms with E-state index in [2.05, 4.69) is 21.2 Å². The zero-order chi connectivity index (χ0) is 23.4. The van der Waals surface area contributed by atoms with Gasteiger partial charge in [-0.3, -0.25) is 14.4 Å². The Bertz CT molecular complexity index is 1060. The van der Waals surface area contributed by atoms with Crippen molar-refractivity contribution in [3.8, 4) is 11.5 Å². The highest BCUT2D eigenvalue weighted by atomic mass is 79.9. The highest BCUT2D eigenvalue weighted by molar-refractivity contribution is 9.10. The molecular weight excluding hydrogens is 504 g/mol. The lowest BCUT2D eigenvalue weighted by Gasteiger charge is -2.20. The van der Waals surface area contributed by atoms with Crippen LogP contribution in [-0.4, -0.2) is 45.2 Å². The third-order valence-electron chi connectivity index (χ3n) is 5.02. The van der Waals surface area contributed by atoms with Crippen LogP contribution in [0.5, 0.6) is 11.5 Å². The number of nitrogens with zero attached hydrogens (tertiary/aromatic N) is 1. The van der Waals surface area contributed by atoms with Gasteiger partial charge in [-0.1, -0.05) is 11.6 Å². The first-order valence-corrected chi connectivity index (χ1v) is 10.8. The molecule has 0 saturated carbocycles. The number of ether oxygens (including phenoxy) is 3. The van der Waals surface area contributed by atoms with Crippen LogP contribution in [0.15, 0.2) is 34.8 Å². The van der Waals surface area contributed by atoms with Crippen LogP contribution >= 0.6 is 27.5 Å². The molecule has 2 aromatic rings. The molecule has 0 unspecified atom stereocenters. The third kappa shape index (κ3) is 5.34. The number of methoxy groups -OCH3 is 2. The number of benzene rings is 2. The second-order valence-corrected chi connectivity index (χ2v) is 8.44. The molecule has 1 heterocycles. The molecule has 1 saturated heterocycles. The monoisotopic (exact) mass is 524 g/mol. The number of amides is 2. The van der Waals surface area contributed by atoms with Crippen molar-refractivity contribution >= 4 is 56.7 Å². The van der Waals surface area contributed by atoms with Crippen molar-refractivity contribution in [3.63, 3.8) is 0 Å². The van der Waals surface area contributed by atoms with Gasteiger partial charge in [0.15, 0.2) is 6.61 Å². The van der Waals surface area contributed by atoms with Gasteiger partial charge in [0.25, 0.3) is 5.91 Å². The zero-order valence-corrected chi connectivity index (χ0v) is 20.1. The van der Waals surface area contributed by atoms with Gasteiger partial charge in [0, 0.05) is 29.2 Å². The minimum absolute atomic E-state index is 0.0256. The van der Waals surface area contributed by atoms with E-state index in [1.165, 1.54) is 19.1 Å². The van der Waals surface area contributed by atoms with Gasteiger partial charge in [-0.05, 0) is 52.7 Å². The predicted molar refractivity (Wildman–Crippen MR) is 123 cm³/mol. The van der Waals surface area contributed by atoms with Gasteiger partial charge in [-0.25, -0.2) is 0 Å². The molecule has 1 fully saturated rings. The van der Waals surface area contributed by atoms with Crippen LogP contribution in [-0.2, 0) is 19.1 Å². The topological polar surface area (TPSA) is 94.2 Å². The lowest BCUT2D eigenvalue weighted by atomic mass is 10.1. The molecule has 2 aromatic carbocycles. The van der Waals surface area contributed by atoms with Crippen LogP contribution in [0.4, 0.5) is 11.4 Å². The summed E-state index contributed by atoms with van der Waals surface area (Å²) in [5.74, 6) is -1.03. The number of carbonyl (C=O) groups excluding carboxylic acids is 3. The van der Waals surface area contributed by atoms with Crippen molar-refractivity contribution in [3.05, 3.63) is 45.4 Å². The van der Waals surface area contributed by atoms with Crippen molar-refractivity contribution in [2.24, 2.45) is 5.92 Å². The van der Waals surface area contributed by atoms with E-state index in [9.17, 15) is 14.4 Å². The van der Waals surface area contributed by atoms with Crippen molar-refractivity contribution in [2.45, 2.75) is 13.3 Å². The number of nitrogens with one attached hydrogen (secondary N) is 1. The summed E-state index contributed by atoms with van der Waals surface area (Å²) >= 11 is 9.38. The molecule has 1 aliphatic rings. The van der Waals surface area contributed by atoms with Crippen LogP contribution < -0.4 is 19.7 Å². The molecule has 1 aliphatic heterocycles. The van der Waals surface area contributed by atoms with Crippen molar-refractivity contribution in [2.75, 3.05) is 37.6 Å². The molecule has 0 aliphatic carbocycles. The van der Waals surface area contributed by atoms with Gasteiger partial charge < -0.3 is 24.4 Å². The van der Waals surface area contributed by atoms with Gasteiger partial charge in [0.2, 0.25) is 5.91 Å². The van der Waals surface area contributed by atoms with E-state index in [0.29, 0.717) is 32.4 Å². The molecule has 10 heteroatoms. The largest absolute Gasteiger partial charge is 0.497 e. The first-order chi connectivity index (χ1) is 15.2. The van der Waals surface area contributed by atoms with E-state index in [-0.39, 0.29) is 18.9 Å². The summed E-state index contributed by atoms with van der Waals surface area (Å²) in [6, 6.07) is 8.45. The second-order valence-electron chi connectivity index (χ2n) is 7.18. The molecule has 8 nitrogen and oxygen atoms in total. The fourth-order valence-corrected chi connectivity index (χ4v) is 3.95. The Balaban J connectivity index is 1.61. The number of hydrogen-bond acceptors (Lipinski definition) is 6. The van der Waals surface area contributed by atoms with Crippen LogP contribution in [0.3, 0.4) is 0 Å². The van der Waals surface area contributed by atoms with Crippen LogP contribution in [0, 0.1) is 12.8 Å². The number of halogens is 2. The van der Waals surface area contributed by atoms with Gasteiger partial charge in [-0.15, -0.1) is 0 Å². The third-order valence-corrected chi connectivity index (χ3v) is 6.22. The summed E-state index contributed by atoms with van der Waals surface area (Å²) in [6.07, 6.45) is -0.0256. The Hall–Kier alpha value is -2.78. The number of hydrogen-bond donors (Lipinski definition) is 1. The Morgan fingerprint density at radius 2 is 1.97 bits per heavy atom. The van der Waals surface area contributed by atoms with Crippen molar-refractivity contribution < 1.29 is 28.6 Å². The maximum atomic E-state index is 12.6. The normalized spacial score (nSPS) is 15.5. The lowest BCUT2D eigenvalue weighted by Crippen LogP contribution is -2.28. The summed E-state index contributed by atoms with van der Waals surface area (Å²) in [5.41, 5.74) is 1.82. The maximum absolute atomic E-state index is 12.6. The van der Waals surface area contributed by atoms with E-state index in [4.69, 9.17) is 25.8 Å². The Kier molecular flexibility index (Phi) is 7.63. The Morgan fingerprint density at radius 1 is 1.22 bits per heavy atom. The van der Waals surface area contributed by atoms with E-state index in [1.807, 2.05) is 6.92 Å². The minimum atomic E-state index is -0.699. The molecule has 1 N–H and O–H groups in total. The lowest BCUT2D eigenvalue weighted by molar-refractivity contribution is -0.151. The number of anilines is 2. The second kappa shape index (κ2) is 10.2. The summed E-state index contributed by atoms with van der Waals surface area (Å²) in [4.78, 5) is 38.8. The van der Waals surface area contributed by atoms with Crippen LogP contribution in [0.25, 0.3) is 0 Å². The average molecular weight is 526 g/mol. The van der Waals surface area contributed by atoms with E-state index in [0.717, 1.165) is 5.56 Å². The fraction of sp³-hybridized carbons (Fsp3) is 0.318. The molecule has 0 bridgehead atoms. The molecule has 2 amide bonds. The standard InChI is InChI=1S/C22H22BrClN2O6/c1-12-6-15(23)16(24)9-17(12)25-20(27)11-32-22(29)13-7-21(28)26(10-13)18-8-14(30-2)4-5-19(18)31-3/h4-6,8-9,13H,7,10-11H2,1-3H3,(H,25,27)/t13-/m0/s1. The summed E-state index contributed by atoms with van der Waals surface area (Å²) in [6.45, 7) is 1.46. The van der Waals surface area contributed by atoms with E-state index in [1.54, 1.807) is 30.3 Å². The van der Waals surface area contributed by atoms with Gasteiger partial charge in [0.1, 0.15) is 11.5 Å². The first-order valence-electron chi connectivity index (χ1n) is 9.68. The number of rotatable bonds is 7. The maximum Gasteiger partial charge on any atom is 0.311 e. The smallest absolute Gasteiger partial charge is 0.311 e. The number of carbonyl (C=O) groups is 3.